The molecule has 0 spiro atoms. The van der Waals surface area contributed by atoms with Gasteiger partial charge >= 0.3 is 0 Å². The third-order valence-electron chi connectivity index (χ3n) is 2.44. The Morgan fingerprint density at radius 1 is 1.67 bits per heavy atom. The first-order chi connectivity index (χ1) is 5.65. The minimum atomic E-state index is -0.348. The quantitative estimate of drug-likeness (QED) is 0.564. The predicted molar refractivity (Wildman–Crippen MR) is 45.9 cm³/mol. The van der Waals surface area contributed by atoms with Gasteiger partial charge in [-0.05, 0) is 13.5 Å². The fraction of sp³-hybridized carbons (Fsp3) is 0.778. The lowest BCUT2D eigenvalue weighted by atomic mass is 9.93. The monoisotopic (exact) mass is 169 g/mol. The number of Topliss-reactive ketones (excluding diaryl/α,β-unsaturated/α-hetero) is 2. The Bertz CT molecular complexity index is 201. The summed E-state index contributed by atoms with van der Waals surface area (Å²) < 4.78 is 0. The van der Waals surface area contributed by atoms with Crippen LogP contribution in [-0.2, 0) is 9.59 Å². The molecule has 1 saturated heterocycles. The lowest BCUT2D eigenvalue weighted by Crippen LogP contribution is -2.43. The van der Waals surface area contributed by atoms with Gasteiger partial charge < -0.3 is 4.90 Å². The third kappa shape index (κ3) is 1.91. The van der Waals surface area contributed by atoms with E-state index in [4.69, 9.17) is 0 Å². The molecule has 0 N–H and O–H groups in total. The first kappa shape index (κ1) is 9.39. The Hall–Kier alpha value is -0.700. The van der Waals surface area contributed by atoms with Crippen LogP contribution in [0.4, 0.5) is 0 Å². The number of ketones is 2. The number of piperidine rings is 1. The maximum atomic E-state index is 11.2. The molecule has 1 aliphatic rings. The second-order valence-electron chi connectivity index (χ2n) is 3.27. The molecule has 0 radical (unpaired) electrons. The fourth-order valence-electron chi connectivity index (χ4n) is 1.54. The largest absolute Gasteiger partial charge is 0.302 e. The molecule has 0 bridgehead atoms. The van der Waals surface area contributed by atoms with Crippen LogP contribution in [0.15, 0.2) is 0 Å². The Balaban J connectivity index is 2.59. The van der Waals surface area contributed by atoms with Crippen molar-refractivity contribution in [3.05, 3.63) is 0 Å². The molecular formula is C9H15NO2. The van der Waals surface area contributed by atoms with E-state index in [0.717, 1.165) is 13.1 Å². The van der Waals surface area contributed by atoms with E-state index < -0.39 is 0 Å². The molecule has 0 aromatic heterocycles. The van der Waals surface area contributed by atoms with Crippen molar-refractivity contribution in [3.8, 4) is 0 Å². The van der Waals surface area contributed by atoms with E-state index in [0.29, 0.717) is 13.0 Å². The number of rotatable bonds is 2. The van der Waals surface area contributed by atoms with Gasteiger partial charge in [-0.1, -0.05) is 6.92 Å². The van der Waals surface area contributed by atoms with E-state index in [1.54, 1.807) is 0 Å². The second-order valence-corrected chi connectivity index (χ2v) is 3.27. The lowest BCUT2D eigenvalue weighted by Gasteiger charge is -2.29. The van der Waals surface area contributed by atoms with Crippen molar-refractivity contribution in [1.82, 2.24) is 4.90 Å². The zero-order valence-electron chi connectivity index (χ0n) is 7.67. The SMILES string of the molecule is CCN1CCC(=O)[C@H](C(C)=O)C1. The number of likely N-dealkylation sites (tertiary alicyclic amines) is 1. The zero-order chi connectivity index (χ0) is 9.14. The number of nitrogens with zero attached hydrogens (tertiary/aromatic N) is 1. The smallest absolute Gasteiger partial charge is 0.145 e. The summed E-state index contributed by atoms with van der Waals surface area (Å²) in [6.45, 7) is 5.93. The van der Waals surface area contributed by atoms with Gasteiger partial charge in [0.15, 0.2) is 0 Å². The summed E-state index contributed by atoms with van der Waals surface area (Å²) in [6, 6.07) is 0. The van der Waals surface area contributed by atoms with Crippen LogP contribution in [-0.4, -0.2) is 36.1 Å². The number of carbonyl (C=O) groups is 2. The molecule has 1 atom stereocenters. The number of hydrogen-bond donors (Lipinski definition) is 0. The van der Waals surface area contributed by atoms with Gasteiger partial charge in [0.25, 0.3) is 0 Å². The summed E-state index contributed by atoms with van der Waals surface area (Å²) in [7, 11) is 0. The van der Waals surface area contributed by atoms with E-state index in [1.165, 1.54) is 6.92 Å². The van der Waals surface area contributed by atoms with Crippen molar-refractivity contribution in [2.45, 2.75) is 20.3 Å². The van der Waals surface area contributed by atoms with E-state index in [9.17, 15) is 9.59 Å². The highest BCUT2D eigenvalue weighted by atomic mass is 16.1. The van der Waals surface area contributed by atoms with Crippen LogP contribution in [0.3, 0.4) is 0 Å². The minimum absolute atomic E-state index is 0.0122. The molecule has 0 aliphatic carbocycles. The van der Waals surface area contributed by atoms with E-state index in [1.807, 2.05) is 6.92 Å². The van der Waals surface area contributed by atoms with E-state index in [-0.39, 0.29) is 17.5 Å². The molecule has 1 aliphatic heterocycles. The normalized spacial score (nSPS) is 25.8. The molecule has 1 fully saturated rings. The molecule has 0 aromatic carbocycles. The molecule has 68 valence electrons. The highest BCUT2D eigenvalue weighted by Crippen LogP contribution is 2.13. The van der Waals surface area contributed by atoms with Crippen molar-refractivity contribution < 1.29 is 9.59 Å². The van der Waals surface area contributed by atoms with Crippen molar-refractivity contribution in [2.24, 2.45) is 5.92 Å². The van der Waals surface area contributed by atoms with Crippen molar-refractivity contribution >= 4 is 11.6 Å². The number of hydrogen-bond acceptors (Lipinski definition) is 3. The molecule has 3 heteroatoms. The Morgan fingerprint density at radius 3 is 2.83 bits per heavy atom. The van der Waals surface area contributed by atoms with Crippen LogP contribution in [0.2, 0.25) is 0 Å². The van der Waals surface area contributed by atoms with Gasteiger partial charge in [-0.3, -0.25) is 9.59 Å². The Kier molecular flexibility index (Phi) is 2.98. The summed E-state index contributed by atoms with van der Waals surface area (Å²) in [5.74, 6) is -0.218. The van der Waals surface area contributed by atoms with E-state index in [2.05, 4.69) is 4.90 Å². The van der Waals surface area contributed by atoms with Crippen LogP contribution in [0, 0.1) is 5.92 Å². The average molecular weight is 169 g/mol. The molecule has 0 aromatic rings. The van der Waals surface area contributed by atoms with Gasteiger partial charge in [0, 0.05) is 19.5 Å². The average Bonchev–Trinajstić information content (AvgIpc) is 2.05. The van der Waals surface area contributed by atoms with Gasteiger partial charge in [0.05, 0.1) is 5.92 Å². The van der Waals surface area contributed by atoms with Gasteiger partial charge in [0.1, 0.15) is 11.6 Å². The topological polar surface area (TPSA) is 37.4 Å². The van der Waals surface area contributed by atoms with Crippen molar-refractivity contribution in [1.29, 1.82) is 0 Å². The maximum Gasteiger partial charge on any atom is 0.145 e. The molecule has 0 saturated carbocycles. The molecular weight excluding hydrogens is 154 g/mol. The van der Waals surface area contributed by atoms with Gasteiger partial charge in [-0.25, -0.2) is 0 Å². The minimum Gasteiger partial charge on any atom is -0.302 e. The summed E-state index contributed by atoms with van der Waals surface area (Å²) in [6.07, 6.45) is 0.540. The van der Waals surface area contributed by atoms with Gasteiger partial charge in [-0.15, -0.1) is 0 Å². The Morgan fingerprint density at radius 2 is 2.33 bits per heavy atom. The lowest BCUT2D eigenvalue weighted by molar-refractivity contribution is -0.134. The van der Waals surface area contributed by atoms with E-state index >= 15 is 0 Å². The standard InChI is InChI=1S/C9H15NO2/c1-3-10-5-4-9(12)8(6-10)7(2)11/h8H,3-6H2,1-2H3/t8-/m0/s1. The van der Waals surface area contributed by atoms with Crippen LogP contribution in [0.1, 0.15) is 20.3 Å². The molecule has 1 heterocycles. The summed E-state index contributed by atoms with van der Waals surface area (Å²) in [4.78, 5) is 24.4. The summed E-state index contributed by atoms with van der Waals surface area (Å²) in [5, 5.41) is 0. The van der Waals surface area contributed by atoms with Gasteiger partial charge in [-0.2, -0.15) is 0 Å². The molecule has 0 unspecified atom stereocenters. The summed E-state index contributed by atoms with van der Waals surface area (Å²) >= 11 is 0. The first-order valence-electron chi connectivity index (χ1n) is 4.40. The molecule has 12 heavy (non-hydrogen) atoms. The number of carbonyl (C=O) groups excluding carboxylic acids is 2. The fourth-order valence-corrected chi connectivity index (χ4v) is 1.54. The van der Waals surface area contributed by atoms with Crippen molar-refractivity contribution in [2.75, 3.05) is 19.6 Å². The van der Waals surface area contributed by atoms with Crippen molar-refractivity contribution in [3.63, 3.8) is 0 Å². The predicted octanol–water partition coefficient (Wildman–Crippen LogP) is 0.486. The maximum absolute atomic E-state index is 11.2. The van der Waals surface area contributed by atoms with Gasteiger partial charge in [0.2, 0.25) is 0 Å². The highest BCUT2D eigenvalue weighted by Gasteiger charge is 2.29. The molecule has 1 rings (SSSR count). The third-order valence-corrected chi connectivity index (χ3v) is 2.44. The zero-order valence-corrected chi connectivity index (χ0v) is 7.67. The van der Waals surface area contributed by atoms with Crippen LogP contribution >= 0.6 is 0 Å². The summed E-state index contributed by atoms with van der Waals surface area (Å²) in [5.41, 5.74) is 0. The second kappa shape index (κ2) is 3.81. The molecule has 3 nitrogen and oxygen atoms in total. The molecule has 0 amide bonds. The van der Waals surface area contributed by atoms with Crippen LogP contribution in [0.25, 0.3) is 0 Å². The first-order valence-corrected chi connectivity index (χ1v) is 4.40. The highest BCUT2D eigenvalue weighted by molar-refractivity contribution is 6.02. The van der Waals surface area contributed by atoms with Crippen LogP contribution in [0.5, 0.6) is 0 Å². The van der Waals surface area contributed by atoms with Crippen LogP contribution < -0.4 is 0 Å². The Labute approximate surface area is 72.7 Å².